The number of nitrogens with one attached hydrogen (secondary N) is 1. The summed E-state index contributed by atoms with van der Waals surface area (Å²) in [6.45, 7) is 2.76. The van der Waals surface area contributed by atoms with Gasteiger partial charge in [0.2, 0.25) is 5.91 Å². The number of benzene rings is 1. The van der Waals surface area contributed by atoms with Gasteiger partial charge in [-0.3, -0.25) is 4.79 Å². The first kappa shape index (κ1) is 15.0. The first-order chi connectivity index (χ1) is 8.18. The summed E-state index contributed by atoms with van der Waals surface area (Å²) in [5, 5.41) is 2.58. The number of alkyl halides is 1. The van der Waals surface area contributed by atoms with E-state index in [0.717, 1.165) is 11.8 Å². The molecule has 4 nitrogen and oxygen atoms in total. The maximum absolute atomic E-state index is 11.9. The summed E-state index contributed by atoms with van der Waals surface area (Å²) in [6.07, 6.45) is 1.04. The molecule has 0 aliphatic carbocycles. The van der Waals surface area contributed by atoms with Gasteiger partial charge in [0.25, 0.3) is 0 Å². The molecule has 1 rings (SSSR count). The lowest BCUT2D eigenvalue weighted by Gasteiger charge is -2.21. The van der Waals surface area contributed by atoms with Crippen molar-refractivity contribution in [2.24, 2.45) is 0 Å². The van der Waals surface area contributed by atoms with Crippen molar-refractivity contribution in [3.8, 4) is 0 Å². The van der Waals surface area contributed by atoms with Crippen molar-refractivity contribution in [2.75, 3.05) is 11.6 Å². The maximum atomic E-state index is 11.9. The number of hydrogen-bond donors (Lipinski definition) is 1. The molecule has 0 bridgehead atoms. The van der Waals surface area contributed by atoms with Crippen molar-refractivity contribution in [2.45, 2.75) is 24.5 Å². The fourth-order valence-corrected chi connectivity index (χ4v) is 1.69. The molecule has 0 aliphatic heterocycles. The van der Waals surface area contributed by atoms with Gasteiger partial charge in [-0.05, 0) is 31.5 Å². The van der Waals surface area contributed by atoms with E-state index in [1.165, 1.54) is 13.8 Å². The lowest BCUT2D eigenvalue weighted by molar-refractivity contribution is -0.117. The zero-order valence-electron chi connectivity index (χ0n) is 10.5. The fraction of sp³-hybridized carbons (Fsp3) is 0.417. The minimum Gasteiger partial charge on any atom is -0.325 e. The van der Waals surface area contributed by atoms with E-state index in [0.29, 0.717) is 11.6 Å². The van der Waals surface area contributed by atoms with Gasteiger partial charge in [-0.15, -0.1) is 11.6 Å². The van der Waals surface area contributed by atoms with Crippen molar-refractivity contribution >= 4 is 33.0 Å². The monoisotopic (exact) mass is 289 g/mol. The normalized spacial score (nSPS) is 12.2. The third-order valence-electron chi connectivity index (χ3n) is 2.84. The number of halogens is 1. The summed E-state index contributed by atoms with van der Waals surface area (Å²) < 4.78 is 21.6. The molecule has 0 unspecified atom stereocenters. The number of sulfone groups is 1. The SMILES string of the molecule is CC(C)(C(=O)Nc1ccc(CCl)cc1)S(C)(=O)=O. The van der Waals surface area contributed by atoms with Crippen LogP contribution in [0.15, 0.2) is 24.3 Å². The third kappa shape index (κ3) is 3.23. The van der Waals surface area contributed by atoms with Gasteiger partial charge in [-0.1, -0.05) is 12.1 Å². The lowest BCUT2D eigenvalue weighted by atomic mass is 10.1. The molecule has 1 amide bonds. The summed E-state index contributed by atoms with van der Waals surface area (Å²) in [6, 6.07) is 6.92. The van der Waals surface area contributed by atoms with Crippen molar-refractivity contribution in [1.29, 1.82) is 0 Å². The van der Waals surface area contributed by atoms with Crippen molar-refractivity contribution < 1.29 is 13.2 Å². The van der Waals surface area contributed by atoms with E-state index < -0.39 is 20.5 Å². The third-order valence-corrected chi connectivity index (χ3v) is 5.19. The Hall–Kier alpha value is -1.07. The smallest absolute Gasteiger partial charge is 0.245 e. The quantitative estimate of drug-likeness (QED) is 0.864. The van der Waals surface area contributed by atoms with Gasteiger partial charge in [-0.25, -0.2) is 8.42 Å². The molecule has 100 valence electrons. The standard InChI is InChI=1S/C12H16ClNO3S/c1-12(2,18(3,16)17)11(15)14-10-6-4-9(8-13)5-7-10/h4-7H,8H2,1-3H3,(H,14,15). The van der Waals surface area contributed by atoms with Gasteiger partial charge in [0, 0.05) is 17.8 Å². The minimum atomic E-state index is -3.47. The number of amides is 1. The van der Waals surface area contributed by atoms with Crippen LogP contribution in [0.1, 0.15) is 19.4 Å². The fourth-order valence-electron chi connectivity index (χ4n) is 1.13. The van der Waals surface area contributed by atoms with Crippen molar-refractivity contribution in [3.63, 3.8) is 0 Å². The van der Waals surface area contributed by atoms with Gasteiger partial charge in [-0.2, -0.15) is 0 Å². The maximum Gasteiger partial charge on any atom is 0.245 e. The Labute approximate surface area is 112 Å². The Morgan fingerprint density at radius 2 is 1.78 bits per heavy atom. The molecule has 0 radical (unpaired) electrons. The molecular weight excluding hydrogens is 274 g/mol. The molecule has 0 heterocycles. The van der Waals surface area contributed by atoms with Crippen LogP contribution in [0.4, 0.5) is 5.69 Å². The summed E-state index contributed by atoms with van der Waals surface area (Å²) in [4.78, 5) is 11.9. The molecule has 0 saturated heterocycles. The van der Waals surface area contributed by atoms with Crippen LogP contribution in [0.2, 0.25) is 0 Å². The predicted molar refractivity (Wildman–Crippen MR) is 73.6 cm³/mol. The molecule has 1 aromatic carbocycles. The van der Waals surface area contributed by atoms with Gasteiger partial charge in [0.05, 0.1) is 0 Å². The Balaban J connectivity index is 2.88. The number of hydrogen-bond acceptors (Lipinski definition) is 3. The molecule has 6 heteroatoms. The molecule has 0 fully saturated rings. The second kappa shape index (κ2) is 5.28. The van der Waals surface area contributed by atoms with Gasteiger partial charge < -0.3 is 5.32 Å². The molecule has 0 saturated carbocycles. The Morgan fingerprint density at radius 3 is 2.17 bits per heavy atom. The average molecular weight is 290 g/mol. The molecule has 1 aromatic rings. The summed E-state index contributed by atoms with van der Waals surface area (Å²) in [5.74, 6) is -0.160. The highest BCUT2D eigenvalue weighted by Crippen LogP contribution is 2.19. The zero-order chi connectivity index (χ0) is 14.0. The molecule has 0 aromatic heterocycles. The van der Waals surface area contributed by atoms with E-state index in [9.17, 15) is 13.2 Å². The number of rotatable bonds is 4. The molecule has 0 atom stereocenters. The van der Waals surface area contributed by atoms with Crippen LogP contribution in [0.5, 0.6) is 0 Å². The van der Waals surface area contributed by atoms with Gasteiger partial charge in [0.1, 0.15) is 4.75 Å². The lowest BCUT2D eigenvalue weighted by Crippen LogP contribution is -2.43. The summed E-state index contributed by atoms with van der Waals surface area (Å²) in [5.41, 5.74) is 1.47. The molecule has 0 spiro atoms. The van der Waals surface area contributed by atoms with Crippen LogP contribution in [0.25, 0.3) is 0 Å². The van der Waals surface area contributed by atoms with Crippen LogP contribution in [0.3, 0.4) is 0 Å². The average Bonchev–Trinajstić information content (AvgIpc) is 2.28. The van der Waals surface area contributed by atoms with Crippen LogP contribution in [-0.2, 0) is 20.5 Å². The van der Waals surface area contributed by atoms with Gasteiger partial charge >= 0.3 is 0 Å². The van der Waals surface area contributed by atoms with E-state index in [1.54, 1.807) is 24.3 Å². The van der Waals surface area contributed by atoms with E-state index in [2.05, 4.69) is 5.32 Å². The Morgan fingerprint density at radius 1 is 1.28 bits per heavy atom. The van der Waals surface area contributed by atoms with E-state index in [-0.39, 0.29) is 0 Å². The Kier molecular flexibility index (Phi) is 4.40. The first-order valence-corrected chi connectivity index (χ1v) is 7.77. The molecule has 1 N–H and O–H groups in total. The van der Waals surface area contributed by atoms with Crippen LogP contribution in [-0.4, -0.2) is 25.3 Å². The number of carbonyl (C=O) groups excluding carboxylic acids is 1. The van der Waals surface area contributed by atoms with E-state index in [1.807, 2.05) is 0 Å². The second-order valence-corrected chi connectivity index (χ2v) is 7.40. The summed E-state index contributed by atoms with van der Waals surface area (Å²) >= 11 is 5.65. The zero-order valence-corrected chi connectivity index (χ0v) is 12.1. The highest BCUT2D eigenvalue weighted by molar-refractivity contribution is 7.92. The second-order valence-electron chi connectivity index (χ2n) is 4.57. The largest absolute Gasteiger partial charge is 0.325 e. The minimum absolute atomic E-state index is 0.392. The highest BCUT2D eigenvalue weighted by atomic mass is 35.5. The molecular formula is C12H16ClNO3S. The van der Waals surface area contributed by atoms with Crippen LogP contribution < -0.4 is 5.32 Å². The highest BCUT2D eigenvalue weighted by Gasteiger charge is 2.38. The Bertz CT molecular complexity index is 535. The molecule has 0 aliphatic rings. The predicted octanol–water partition coefficient (Wildman–Crippen LogP) is 2.19. The van der Waals surface area contributed by atoms with E-state index >= 15 is 0 Å². The first-order valence-electron chi connectivity index (χ1n) is 5.34. The van der Waals surface area contributed by atoms with Crippen LogP contribution in [0, 0.1) is 0 Å². The van der Waals surface area contributed by atoms with E-state index in [4.69, 9.17) is 11.6 Å². The summed E-state index contributed by atoms with van der Waals surface area (Å²) in [7, 11) is -3.47. The van der Waals surface area contributed by atoms with Gasteiger partial charge in [0.15, 0.2) is 9.84 Å². The number of anilines is 1. The topological polar surface area (TPSA) is 63.2 Å². The van der Waals surface area contributed by atoms with Crippen molar-refractivity contribution in [1.82, 2.24) is 0 Å². The number of carbonyl (C=O) groups is 1. The van der Waals surface area contributed by atoms with Crippen LogP contribution >= 0.6 is 11.6 Å². The van der Waals surface area contributed by atoms with Crippen molar-refractivity contribution in [3.05, 3.63) is 29.8 Å². The molecule has 18 heavy (non-hydrogen) atoms.